The zero-order chi connectivity index (χ0) is 11.5. The fraction of sp³-hybridized carbons (Fsp3) is 0.538. The zero-order valence-corrected chi connectivity index (χ0v) is 10.0. The van der Waals surface area contributed by atoms with Crippen LogP contribution in [0.25, 0.3) is 0 Å². The molecular formula is C13H20N2O. The second-order valence-corrected chi connectivity index (χ2v) is 4.64. The molecule has 1 aliphatic rings. The van der Waals surface area contributed by atoms with Crippen LogP contribution in [0.5, 0.6) is 5.75 Å². The first-order valence-corrected chi connectivity index (χ1v) is 5.86. The molecule has 3 nitrogen and oxygen atoms in total. The second-order valence-electron chi connectivity index (χ2n) is 4.64. The van der Waals surface area contributed by atoms with Crippen LogP contribution in [-0.4, -0.2) is 26.2 Å². The highest BCUT2D eigenvalue weighted by atomic mass is 16.5. The van der Waals surface area contributed by atoms with Crippen LogP contribution >= 0.6 is 0 Å². The van der Waals surface area contributed by atoms with Crippen molar-refractivity contribution >= 4 is 5.69 Å². The minimum atomic E-state index is 0.192. The van der Waals surface area contributed by atoms with Gasteiger partial charge in [0.25, 0.3) is 0 Å². The molecule has 0 saturated heterocycles. The van der Waals surface area contributed by atoms with Gasteiger partial charge in [0.15, 0.2) is 0 Å². The van der Waals surface area contributed by atoms with Crippen LogP contribution in [0, 0.1) is 0 Å². The van der Waals surface area contributed by atoms with Crippen molar-refractivity contribution in [2.45, 2.75) is 31.4 Å². The van der Waals surface area contributed by atoms with Gasteiger partial charge in [-0.15, -0.1) is 0 Å². The normalized spacial score (nSPS) is 24.4. The first-order chi connectivity index (χ1) is 7.66. The van der Waals surface area contributed by atoms with Gasteiger partial charge in [0, 0.05) is 31.9 Å². The Bertz CT molecular complexity index is 352. The summed E-state index contributed by atoms with van der Waals surface area (Å²) in [6, 6.07) is 8.35. The summed E-state index contributed by atoms with van der Waals surface area (Å²) in [7, 11) is 4.06. The lowest BCUT2D eigenvalue weighted by Crippen LogP contribution is -2.33. The largest absolute Gasteiger partial charge is 0.489 e. The lowest BCUT2D eigenvalue weighted by molar-refractivity contribution is 0.192. The zero-order valence-electron chi connectivity index (χ0n) is 10.0. The van der Waals surface area contributed by atoms with E-state index in [2.05, 4.69) is 17.0 Å². The summed E-state index contributed by atoms with van der Waals surface area (Å²) in [5.41, 5.74) is 7.15. The summed E-state index contributed by atoms with van der Waals surface area (Å²) in [5.74, 6) is 0.925. The van der Waals surface area contributed by atoms with Gasteiger partial charge in [-0.25, -0.2) is 0 Å². The Morgan fingerprint density at radius 2 is 2.12 bits per heavy atom. The molecule has 0 amide bonds. The van der Waals surface area contributed by atoms with Crippen molar-refractivity contribution in [3.8, 4) is 5.75 Å². The molecule has 0 radical (unpaired) electrons. The Morgan fingerprint density at radius 3 is 2.75 bits per heavy atom. The summed E-state index contributed by atoms with van der Waals surface area (Å²) in [6.45, 7) is 0. The van der Waals surface area contributed by atoms with Gasteiger partial charge >= 0.3 is 0 Å². The first kappa shape index (κ1) is 11.3. The lowest BCUT2D eigenvalue weighted by Gasteiger charge is -2.19. The van der Waals surface area contributed by atoms with Gasteiger partial charge in [0.1, 0.15) is 11.9 Å². The van der Waals surface area contributed by atoms with Crippen molar-refractivity contribution in [3.63, 3.8) is 0 Å². The number of rotatable bonds is 3. The number of benzene rings is 1. The molecule has 1 aliphatic carbocycles. The molecule has 0 aliphatic heterocycles. The molecule has 0 bridgehead atoms. The van der Waals surface area contributed by atoms with E-state index in [-0.39, 0.29) is 12.1 Å². The number of hydrogen-bond acceptors (Lipinski definition) is 3. The van der Waals surface area contributed by atoms with E-state index < -0.39 is 0 Å². The smallest absolute Gasteiger partial charge is 0.121 e. The highest BCUT2D eigenvalue weighted by Gasteiger charge is 2.25. The van der Waals surface area contributed by atoms with Crippen LogP contribution < -0.4 is 15.4 Å². The summed E-state index contributed by atoms with van der Waals surface area (Å²) >= 11 is 0. The van der Waals surface area contributed by atoms with Gasteiger partial charge in [-0.2, -0.15) is 0 Å². The predicted molar refractivity (Wildman–Crippen MR) is 67.0 cm³/mol. The fourth-order valence-corrected chi connectivity index (χ4v) is 2.11. The third-order valence-corrected chi connectivity index (χ3v) is 3.13. The molecule has 2 rings (SSSR count). The first-order valence-electron chi connectivity index (χ1n) is 5.86. The van der Waals surface area contributed by atoms with Gasteiger partial charge in [-0.3, -0.25) is 0 Å². The van der Waals surface area contributed by atoms with Gasteiger partial charge in [0.05, 0.1) is 0 Å². The fourth-order valence-electron chi connectivity index (χ4n) is 2.11. The predicted octanol–water partition coefficient (Wildman–Crippen LogP) is 2.01. The molecule has 2 N–H and O–H groups in total. The highest BCUT2D eigenvalue weighted by Crippen LogP contribution is 2.25. The van der Waals surface area contributed by atoms with Gasteiger partial charge in [-0.05, 0) is 31.4 Å². The van der Waals surface area contributed by atoms with Crippen molar-refractivity contribution < 1.29 is 4.74 Å². The Balaban J connectivity index is 2.06. The minimum absolute atomic E-state index is 0.192. The number of ether oxygens (including phenoxy) is 1. The van der Waals surface area contributed by atoms with E-state index in [4.69, 9.17) is 10.5 Å². The molecule has 1 fully saturated rings. The van der Waals surface area contributed by atoms with E-state index in [0.717, 1.165) is 24.3 Å². The standard InChI is InChI=1S/C13H20N2O/c1-15(2)10-5-3-6-11(9-10)16-13-8-4-7-12(13)14/h3,5-6,9,12-13H,4,7-8,14H2,1-2H3. The van der Waals surface area contributed by atoms with Crippen molar-refractivity contribution in [1.29, 1.82) is 0 Å². The number of nitrogens with zero attached hydrogens (tertiary/aromatic N) is 1. The number of anilines is 1. The molecule has 0 heterocycles. The van der Waals surface area contributed by atoms with Gasteiger partial charge in [-0.1, -0.05) is 6.07 Å². The molecule has 2 unspecified atom stereocenters. The maximum atomic E-state index is 5.99. The maximum Gasteiger partial charge on any atom is 0.121 e. The Labute approximate surface area is 97.2 Å². The van der Waals surface area contributed by atoms with Crippen LogP contribution in [0.2, 0.25) is 0 Å². The van der Waals surface area contributed by atoms with Crippen LogP contribution in [0.3, 0.4) is 0 Å². The van der Waals surface area contributed by atoms with E-state index in [0.29, 0.717) is 0 Å². The molecule has 2 atom stereocenters. The Hall–Kier alpha value is -1.22. The van der Waals surface area contributed by atoms with Crippen LogP contribution in [-0.2, 0) is 0 Å². The van der Waals surface area contributed by atoms with E-state index in [9.17, 15) is 0 Å². The topological polar surface area (TPSA) is 38.5 Å². The molecular weight excluding hydrogens is 200 g/mol. The minimum Gasteiger partial charge on any atom is -0.489 e. The number of nitrogens with two attached hydrogens (primary N) is 1. The molecule has 0 aromatic heterocycles. The molecule has 1 aromatic rings. The maximum absolute atomic E-state index is 5.99. The monoisotopic (exact) mass is 220 g/mol. The number of hydrogen-bond donors (Lipinski definition) is 1. The molecule has 16 heavy (non-hydrogen) atoms. The average molecular weight is 220 g/mol. The average Bonchev–Trinajstić information content (AvgIpc) is 2.65. The molecule has 1 saturated carbocycles. The highest BCUT2D eigenvalue weighted by molar-refractivity contribution is 5.49. The molecule has 1 aromatic carbocycles. The third kappa shape index (κ3) is 2.47. The SMILES string of the molecule is CN(C)c1cccc(OC2CCCC2N)c1. The Kier molecular flexibility index (Phi) is 3.34. The summed E-state index contributed by atoms with van der Waals surface area (Å²) in [6.07, 6.45) is 3.53. The van der Waals surface area contributed by atoms with Crippen molar-refractivity contribution in [2.24, 2.45) is 5.73 Å². The van der Waals surface area contributed by atoms with Crippen molar-refractivity contribution in [3.05, 3.63) is 24.3 Å². The van der Waals surface area contributed by atoms with Gasteiger partial charge < -0.3 is 15.4 Å². The van der Waals surface area contributed by atoms with Crippen LogP contribution in [0.15, 0.2) is 24.3 Å². The van der Waals surface area contributed by atoms with Crippen LogP contribution in [0.1, 0.15) is 19.3 Å². The summed E-state index contributed by atoms with van der Waals surface area (Å²) in [5, 5.41) is 0. The lowest BCUT2D eigenvalue weighted by atomic mass is 10.2. The van der Waals surface area contributed by atoms with E-state index in [1.807, 2.05) is 26.2 Å². The molecule has 3 heteroatoms. The third-order valence-electron chi connectivity index (χ3n) is 3.13. The van der Waals surface area contributed by atoms with E-state index in [1.165, 1.54) is 6.42 Å². The van der Waals surface area contributed by atoms with E-state index >= 15 is 0 Å². The molecule has 88 valence electrons. The second kappa shape index (κ2) is 4.74. The quantitative estimate of drug-likeness (QED) is 0.847. The van der Waals surface area contributed by atoms with E-state index in [1.54, 1.807) is 0 Å². The van der Waals surface area contributed by atoms with Crippen molar-refractivity contribution in [2.75, 3.05) is 19.0 Å². The summed E-state index contributed by atoms with van der Waals surface area (Å²) in [4.78, 5) is 2.07. The summed E-state index contributed by atoms with van der Waals surface area (Å²) < 4.78 is 5.93. The molecule has 0 spiro atoms. The van der Waals surface area contributed by atoms with Crippen LogP contribution in [0.4, 0.5) is 5.69 Å². The Morgan fingerprint density at radius 1 is 1.31 bits per heavy atom. The van der Waals surface area contributed by atoms with Crippen molar-refractivity contribution in [1.82, 2.24) is 0 Å². The van der Waals surface area contributed by atoms with Gasteiger partial charge in [0.2, 0.25) is 0 Å².